The second-order valence-corrected chi connectivity index (χ2v) is 7.31. The Hall–Kier alpha value is -1.89. The maximum atomic E-state index is 12.4. The summed E-state index contributed by atoms with van der Waals surface area (Å²) in [5, 5.41) is 3.95. The minimum Gasteiger partial charge on any atom is -0.469 e. The Labute approximate surface area is 145 Å². The predicted molar refractivity (Wildman–Crippen MR) is 89.5 cm³/mol. The first-order valence-corrected chi connectivity index (χ1v) is 9.05. The van der Waals surface area contributed by atoms with Gasteiger partial charge in [-0.25, -0.2) is 0 Å². The van der Waals surface area contributed by atoms with E-state index >= 15 is 0 Å². The Morgan fingerprint density at radius 2 is 2.08 bits per heavy atom. The lowest BCUT2D eigenvalue weighted by atomic mass is 9.77. The number of hydrogen-bond acceptors (Lipinski definition) is 5. The van der Waals surface area contributed by atoms with E-state index < -0.39 is 11.5 Å². The number of rotatable bonds is 3. The van der Waals surface area contributed by atoms with Crippen LogP contribution in [0.4, 0.5) is 0 Å². The van der Waals surface area contributed by atoms with Gasteiger partial charge in [-0.05, 0) is 35.2 Å². The molecule has 3 rings (SSSR count). The molecule has 0 aromatic carbocycles. The molecular weight excluding hydrogens is 328 g/mol. The summed E-state index contributed by atoms with van der Waals surface area (Å²) in [4.78, 5) is 40.3. The van der Waals surface area contributed by atoms with Crippen LogP contribution in [0.15, 0.2) is 16.8 Å². The molecule has 1 atom stereocenters. The quantitative estimate of drug-likeness (QED) is 0.771. The number of carbonyl (C=O) groups excluding carboxylic acids is 3. The van der Waals surface area contributed by atoms with Gasteiger partial charge in [0.25, 0.3) is 0 Å². The lowest BCUT2D eigenvalue weighted by Crippen LogP contribution is -2.57. The zero-order chi connectivity index (χ0) is 17.3. The zero-order valence-electron chi connectivity index (χ0n) is 14.0. The van der Waals surface area contributed by atoms with Crippen molar-refractivity contribution in [2.75, 3.05) is 27.2 Å². The number of nitrogens with zero attached hydrogens (tertiary/aromatic N) is 2. The Bertz CT molecular complexity index is 635. The Kier molecular flexibility index (Phi) is 4.62. The maximum Gasteiger partial charge on any atom is 0.311 e. The minimum absolute atomic E-state index is 0.0246. The third-order valence-electron chi connectivity index (χ3n) is 5.47. The molecule has 1 aromatic heterocycles. The number of amides is 2. The van der Waals surface area contributed by atoms with Crippen molar-refractivity contribution in [2.24, 2.45) is 5.92 Å². The molecule has 2 aliphatic heterocycles. The summed E-state index contributed by atoms with van der Waals surface area (Å²) in [5.41, 5.74) is 0.523. The molecular formula is C17H22N2O4S. The molecule has 0 N–H and O–H groups in total. The monoisotopic (exact) mass is 350 g/mol. The van der Waals surface area contributed by atoms with Crippen molar-refractivity contribution in [3.8, 4) is 0 Å². The third kappa shape index (κ3) is 2.81. The Morgan fingerprint density at radius 3 is 2.67 bits per heavy atom. The Morgan fingerprint density at radius 1 is 1.38 bits per heavy atom. The highest BCUT2D eigenvalue weighted by atomic mass is 32.1. The first-order valence-electron chi connectivity index (χ1n) is 8.11. The molecule has 1 spiro atoms. The fourth-order valence-electron chi connectivity index (χ4n) is 3.94. The summed E-state index contributed by atoms with van der Waals surface area (Å²) in [6.45, 7) is 1.13. The molecule has 0 saturated carbocycles. The first-order chi connectivity index (χ1) is 11.5. The van der Waals surface area contributed by atoms with Crippen LogP contribution in [0.2, 0.25) is 0 Å². The number of esters is 1. The summed E-state index contributed by atoms with van der Waals surface area (Å²) in [6.07, 6.45) is 1.84. The molecule has 130 valence electrons. The van der Waals surface area contributed by atoms with Crippen LogP contribution in [-0.4, -0.2) is 60.4 Å². The highest BCUT2D eigenvalue weighted by Crippen LogP contribution is 2.43. The van der Waals surface area contributed by atoms with Crippen molar-refractivity contribution < 1.29 is 19.1 Å². The van der Waals surface area contributed by atoms with E-state index in [1.54, 1.807) is 23.3 Å². The van der Waals surface area contributed by atoms with Gasteiger partial charge in [-0.1, -0.05) is 0 Å². The van der Waals surface area contributed by atoms with Crippen LogP contribution in [0.3, 0.4) is 0 Å². The SMILES string of the molecule is COC(=O)C1CC(=O)N(C)C12CCN(C(=O)Cc1ccsc1)CC2. The van der Waals surface area contributed by atoms with Crippen molar-refractivity contribution in [1.82, 2.24) is 9.80 Å². The molecule has 2 saturated heterocycles. The lowest BCUT2D eigenvalue weighted by molar-refractivity contribution is -0.150. The molecule has 1 unspecified atom stereocenters. The molecule has 6 nitrogen and oxygen atoms in total. The lowest BCUT2D eigenvalue weighted by Gasteiger charge is -2.45. The summed E-state index contributed by atoms with van der Waals surface area (Å²) < 4.78 is 4.91. The van der Waals surface area contributed by atoms with Gasteiger partial charge in [0.15, 0.2) is 0 Å². The van der Waals surface area contributed by atoms with E-state index in [-0.39, 0.29) is 24.2 Å². The van der Waals surface area contributed by atoms with Gasteiger partial charge in [0.2, 0.25) is 11.8 Å². The van der Waals surface area contributed by atoms with E-state index in [0.29, 0.717) is 32.4 Å². The van der Waals surface area contributed by atoms with Crippen molar-refractivity contribution >= 4 is 29.1 Å². The molecule has 0 bridgehead atoms. The van der Waals surface area contributed by atoms with Crippen LogP contribution < -0.4 is 0 Å². The highest BCUT2D eigenvalue weighted by molar-refractivity contribution is 7.08. The largest absolute Gasteiger partial charge is 0.469 e. The molecule has 0 aliphatic carbocycles. The number of hydrogen-bond donors (Lipinski definition) is 0. The fourth-order valence-corrected chi connectivity index (χ4v) is 4.60. The number of ether oxygens (including phenoxy) is 1. The fraction of sp³-hybridized carbons (Fsp3) is 0.588. The summed E-state index contributed by atoms with van der Waals surface area (Å²) in [5.74, 6) is -0.687. The summed E-state index contributed by atoms with van der Waals surface area (Å²) in [6, 6.07) is 1.96. The van der Waals surface area contributed by atoms with E-state index in [1.165, 1.54) is 7.11 Å². The number of piperidine rings is 1. The van der Waals surface area contributed by atoms with Gasteiger partial charge >= 0.3 is 5.97 Å². The third-order valence-corrected chi connectivity index (χ3v) is 6.20. The molecule has 3 heterocycles. The van der Waals surface area contributed by atoms with Gasteiger partial charge < -0.3 is 14.5 Å². The van der Waals surface area contributed by atoms with Crippen LogP contribution in [0.5, 0.6) is 0 Å². The molecule has 24 heavy (non-hydrogen) atoms. The second kappa shape index (κ2) is 6.55. The highest BCUT2D eigenvalue weighted by Gasteiger charge is 2.55. The van der Waals surface area contributed by atoms with Gasteiger partial charge in [-0.15, -0.1) is 0 Å². The van der Waals surface area contributed by atoms with Crippen LogP contribution in [0.25, 0.3) is 0 Å². The van der Waals surface area contributed by atoms with Gasteiger partial charge in [0, 0.05) is 26.6 Å². The zero-order valence-corrected chi connectivity index (χ0v) is 14.8. The van der Waals surface area contributed by atoms with E-state index in [9.17, 15) is 14.4 Å². The van der Waals surface area contributed by atoms with Gasteiger partial charge in [-0.3, -0.25) is 14.4 Å². The second-order valence-electron chi connectivity index (χ2n) is 6.53. The summed E-state index contributed by atoms with van der Waals surface area (Å²) >= 11 is 1.58. The van der Waals surface area contributed by atoms with Crippen molar-refractivity contribution in [1.29, 1.82) is 0 Å². The van der Waals surface area contributed by atoms with Crippen LogP contribution in [-0.2, 0) is 25.5 Å². The molecule has 2 aliphatic rings. The van der Waals surface area contributed by atoms with Crippen LogP contribution >= 0.6 is 11.3 Å². The standard InChI is InChI=1S/C17H22N2O4S/c1-18-14(20)10-13(16(22)23-2)17(18)4-6-19(7-5-17)15(21)9-12-3-8-24-11-12/h3,8,11,13H,4-7,9-10H2,1-2H3. The maximum absolute atomic E-state index is 12.4. The van der Waals surface area contributed by atoms with Gasteiger partial charge in [0.05, 0.1) is 25.0 Å². The smallest absolute Gasteiger partial charge is 0.311 e. The Balaban J connectivity index is 1.69. The molecule has 2 amide bonds. The first kappa shape index (κ1) is 17.0. The number of thiophene rings is 1. The normalized spacial score (nSPS) is 22.9. The van der Waals surface area contributed by atoms with Crippen LogP contribution in [0, 0.1) is 5.92 Å². The van der Waals surface area contributed by atoms with Crippen molar-refractivity contribution in [2.45, 2.75) is 31.2 Å². The number of carbonyl (C=O) groups is 3. The van der Waals surface area contributed by atoms with Crippen molar-refractivity contribution in [3.05, 3.63) is 22.4 Å². The molecule has 2 fully saturated rings. The van der Waals surface area contributed by atoms with E-state index in [0.717, 1.165) is 5.56 Å². The van der Waals surface area contributed by atoms with Gasteiger partial charge in [0.1, 0.15) is 0 Å². The molecule has 0 radical (unpaired) electrons. The number of methoxy groups -OCH3 is 1. The summed E-state index contributed by atoms with van der Waals surface area (Å²) in [7, 11) is 3.12. The number of likely N-dealkylation sites (tertiary alicyclic amines) is 2. The van der Waals surface area contributed by atoms with E-state index in [2.05, 4.69) is 0 Å². The predicted octanol–water partition coefficient (Wildman–Crippen LogP) is 1.30. The molecule has 1 aromatic rings. The van der Waals surface area contributed by atoms with E-state index in [4.69, 9.17) is 4.74 Å². The van der Waals surface area contributed by atoms with Crippen molar-refractivity contribution in [3.63, 3.8) is 0 Å². The van der Waals surface area contributed by atoms with Crippen LogP contribution in [0.1, 0.15) is 24.8 Å². The minimum atomic E-state index is -0.511. The average Bonchev–Trinajstić information content (AvgIpc) is 3.18. The van der Waals surface area contributed by atoms with Gasteiger partial charge in [-0.2, -0.15) is 11.3 Å². The van der Waals surface area contributed by atoms with E-state index in [1.807, 2.05) is 21.7 Å². The topological polar surface area (TPSA) is 66.9 Å². The average molecular weight is 350 g/mol. The molecule has 7 heteroatoms.